The number of ether oxygens (including phenoxy) is 1. The summed E-state index contributed by atoms with van der Waals surface area (Å²) in [6.45, 7) is 1.13. The lowest BCUT2D eigenvalue weighted by Gasteiger charge is -2.12. The zero-order chi connectivity index (χ0) is 17.2. The Morgan fingerprint density at radius 2 is 2.08 bits per heavy atom. The number of amides is 2. The molecule has 2 heterocycles. The quantitative estimate of drug-likeness (QED) is 0.823. The molecule has 1 aromatic heterocycles. The second kappa shape index (κ2) is 6.84. The van der Waals surface area contributed by atoms with E-state index in [1.807, 2.05) is 28.8 Å². The molecule has 0 radical (unpaired) electrons. The van der Waals surface area contributed by atoms with Gasteiger partial charge < -0.3 is 19.9 Å². The van der Waals surface area contributed by atoms with E-state index in [1.165, 1.54) is 0 Å². The van der Waals surface area contributed by atoms with Crippen LogP contribution in [0, 0.1) is 0 Å². The van der Waals surface area contributed by atoms with Gasteiger partial charge in [-0.25, -0.2) is 4.98 Å². The van der Waals surface area contributed by atoms with Gasteiger partial charge in [-0.2, -0.15) is 0 Å². The molecule has 2 N–H and O–H groups in total. The molecular weight excluding hydrogens is 320 g/mol. The zero-order valence-corrected chi connectivity index (χ0v) is 14.0. The van der Waals surface area contributed by atoms with Crippen molar-refractivity contribution in [3.8, 4) is 0 Å². The van der Waals surface area contributed by atoms with Gasteiger partial charge in [0.05, 0.1) is 17.6 Å². The van der Waals surface area contributed by atoms with Crippen molar-refractivity contribution in [2.45, 2.75) is 50.9 Å². The molecule has 2 aromatic rings. The molecule has 0 bridgehead atoms. The fourth-order valence-corrected chi connectivity index (χ4v) is 3.15. The average Bonchev–Trinajstić information content (AvgIpc) is 3.12. The van der Waals surface area contributed by atoms with Crippen LogP contribution in [0.3, 0.4) is 0 Å². The first-order valence-electron chi connectivity index (χ1n) is 8.83. The van der Waals surface area contributed by atoms with Crippen LogP contribution in [0.1, 0.15) is 31.5 Å². The third kappa shape index (κ3) is 3.66. The van der Waals surface area contributed by atoms with Crippen LogP contribution in [0.5, 0.6) is 0 Å². The number of rotatable bonds is 6. The average molecular weight is 342 g/mol. The Bertz CT molecular complexity index is 791. The summed E-state index contributed by atoms with van der Waals surface area (Å²) in [6, 6.07) is 8.02. The number of nitrogens with one attached hydrogen (secondary N) is 2. The largest absolute Gasteiger partial charge is 0.368 e. The van der Waals surface area contributed by atoms with E-state index in [1.54, 1.807) is 0 Å². The van der Waals surface area contributed by atoms with Gasteiger partial charge in [-0.3, -0.25) is 9.59 Å². The van der Waals surface area contributed by atoms with Gasteiger partial charge in [0, 0.05) is 12.6 Å². The minimum atomic E-state index is -0.365. The van der Waals surface area contributed by atoms with E-state index in [2.05, 4.69) is 15.6 Å². The summed E-state index contributed by atoms with van der Waals surface area (Å²) in [5, 5.41) is 5.89. The van der Waals surface area contributed by atoms with Gasteiger partial charge in [-0.05, 0) is 37.8 Å². The minimum Gasteiger partial charge on any atom is -0.368 e. The predicted octanol–water partition coefficient (Wildman–Crippen LogP) is 1.11. The van der Waals surface area contributed by atoms with Crippen LogP contribution in [0.4, 0.5) is 0 Å². The number of imidazole rings is 1. The second-order valence-corrected chi connectivity index (χ2v) is 6.66. The van der Waals surface area contributed by atoms with E-state index in [-0.39, 0.29) is 31.0 Å². The Morgan fingerprint density at radius 1 is 1.24 bits per heavy atom. The summed E-state index contributed by atoms with van der Waals surface area (Å²) in [6.07, 6.45) is 3.42. The van der Waals surface area contributed by atoms with Crippen molar-refractivity contribution in [3.05, 3.63) is 30.1 Å². The first-order valence-corrected chi connectivity index (χ1v) is 8.83. The summed E-state index contributed by atoms with van der Waals surface area (Å²) in [5.74, 6) is 0.550. The maximum Gasteiger partial charge on any atom is 0.249 e. The van der Waals surface area contributed by atoms with Crippen molar-refractivity contribution in [2.75, 3.05) is 6.61 Å². The van der Waals surface area contributed by atoms with Crippen LogP contribution in [0.15, 0.2) is 24.3 Å². The number of carbonyl (C=O) groups excluding carboxylic acids is 2. The summed E-state index contributed by atoms with van der Waals surface area (Å²) in [5.41, 5.74) is 1.72. The molecule has 2 fully saturated rings. The molecule has 25 heavy (non-hydrogen) atoms. The monoisotopic (exact) mass is 342 g/mol. The van der Waals surface area contributed by atoms with Gasteiger partial charge >= 0.3 is 0 Å². The number of fused-ring (bicyclic) bond motifs is 1. The molecule has 7 heteroatoms. The molecule has 1 unspecified atom stereocenters. The first kappa shape index (κ1) is 16.1. The standard InChI is InChI=1S/C18H22N4O3/c23-17(20-12-7-8-12)11-22-14-5-2-1-4-13(14)21-16(22)10-19-18(24)15-6-3-9-25-15/h1-2,4-5,12,15H,3,6-11H2,(H,19,24)(H,20,23). The maximum absolute atomic E-state index is 12.2. The first-order chi connectivity index (χ1) is 12.2. The van der Waals surface area contributed by atoms with Crippen LogP contribution in [0.2, 0.25) is 0 Å². The van der Waals surface area contributed by atoms with Crippen molar-refractivity contribution in [2.24, 2.45) is 0 Å². The maximum atomic E-state index is 12.2. The van der Waals surface area contributed by atoms with E-state index in [9.17, 15) is 9.59 Å². The molecule has 1 saturated heterocycles. The van der Waals surface area contributed by atoms with Gasteiger partial charge in [0.25, 0.3) is 0 Å². The summed E-state index contributed by atoms with van der Waals surface area (Å²) in [7, 11) is 0. The van der Waals surface area contributed by atoms with Crippen LogP contribution in [0.25, 0.3) is 11.0 Å². The third-order valence-electron chi connectivity index (χ3n) is 4.62. The summed E-state index contributed by atoms with van der Waals surface area (Å²) in [4.78, 5) is 29.0. The lowest BCUT2D eigenvalue weighted by molar-refractivity contribution is -0.130. The fraction of sp³-hybridized carbons (Fsp3) is 0.500. The molecule has 1 saturated carbocycles. The molecule has 0 spiro atoms. The van der Waals surface area contributed by atoms with Crippen LogP contribution < -0.4 is 10.6 Å². The molecule has 1 aromatic carbocycles. The number of para-hydroxylation sites is 2. The Labute approximate surface area is 145 Å². The highest BCUT2D eigenvalue weighted by atomic mass is 16.5. The van der Waals surface area contributed by atoms with Gasteiger partial charge in [-0.1, -0.05) is 12.1 Å². The topological polar surface area (TPSA) is 85.2 Å². The number of hydrogen-bond donors (Lipinski definition) is 2. The van der Waals surface area contributed by atoms with Gasteiger partial charge in [0.2, 0.25) is 11.8 Å². The fourth-order valence-electron chi connectivity index (χ4n) is 3.15. The van der Waals surface area contributed by atoms with Crippen LogP contribution in [-0.4, -0.2) is 40.1 Å². The van der Waals surface area contributed by atoms with E-state index >= 15 is 0 Å². The Hall–Kier alpha value is -2.41. The SMILES string of the molecule is O=C(Cn1c(CNC(=O)C2CCCO2)nc2ccccc21)NC1CC1. The summed E-state index contributed by atoms with van der Waals surface area (Å²) < 4.78 is 7.28. The van der Waals surface area contributed by atoms with Crippen molar-refractivity contribution in [1.82, 2.24) is 20.2 Å². The number of aromatic nitrogens is 2. The van der Waals surface area contributed by atoms with Crippen LogP contribution in [-0.2, 0) is 27.4 Å². The van der Waals surface area contributed by atoms with E-state index in [4.69, 9.17) is 4.74 Å². The Balaban J connectivity index is 1.50. The molecule has 7 nitrogen and oxygen atoms in total. The Morgan fingerprint density at radius 3 is 2.84 bits per heavy atom. The second-order valence-electron chi connectivity index (χ2n) is 6.66. The number of nitrogens with zero attached hydrogens (tertiary/aromatic N) is 2. The van der Waals surface area contributed by atoms with Gasteiger partial charge in [0.1, 0.15) is 18.5 Å². The van der Waals surface area contributed by atoms with Crippen molar-refractivity contribution >= 4 is 22.8 Å². The molecule has 1 atom stereocenters. The molecule has 2 aliphatic rings. The molecule has 1 aliphatic carbocycles. The highest BCUT2D eigenvalue weighted by Gasteiger charge is 2.25. The predicted molar refractivity (Wildman–Crippen MR) is 91.7 cm³/mol. The molecule has 2 amide bonds. The van der Waals surface area contributed by atoms with Crippen molar-refractivity contribution in [3.63, 3.8) is 0 Å². The lowest BCUT2D eigenvalue weighted by Crippen LogP contribution is -2.35. The lowest BCUT2D eigenvalue weighted by atomic mass is 10.2. The molecular formula is C18H22N4O3. The van der Waals surface area contributed by atoms with E-state index in [0.717, 1.165) is 36.7 Å². The van der Waals surface area contributed by atoms with Crippen molar-refractivity contribution in [1.29, 1.82) is 0 Å². The van der Waals surface area contributed by atoms with E-state index < -0.39 is 0 Å². The minimum absolute atomic E-state index is 0.0163. The zero-order valence-electron chi connectivity index (χ0n) is 14.0. The highest BCUT2D eigenvalue weighted by molar-refractivity contribution is 5.82. The number of carbonyl (C=O) groups is 2. The van der Waals surface area contributed by atoms with E-state index in [0.29, 0.717) is 18.5 Å². The van der Waals surface area contributed by atoms with Gasteiger partial charge in [-0.15, -0.1) is 0 Å². The normalized spacial score (nSPS) is 19.9. The van der Waals surface area contributed by atoms with Crippen LogP contribution >= 0.6 is 0 Å². The number of benzene rings is 1. The van der Waals surface area contributed by atoms with Crippen molar-refractivity contribution < 1.29 is 14.3 Å². The molecule has 4 rings (SSSR count). The highest BCUT2D eigenvalue weighted by Crippen LogP contribution is 2.20. The summed E-state index contributed by atoms with van der Waals surface area (Å²) >= 11 is 0. The smallest absolute Gasteiger partial charge is 0.249 e. The number of hydrogen-bond acceptors (Lipinski definition) is 4. The third-order valence-corrected chi connectivity index (χ3v) is 4.62. The Kier molecular flexibility index (Phi) is 4.40. The van der Waals surface area contributed by atoms with Gasteiger partial charge in [0.15, 0.2) is 0 Å². The molecule has 132 valence electrons. The molecule has 1 aliphatic heterocycles.